The number of hydrogen-bond donors (Lipinski definition) is 2. The van der Waals surface area contributed by atoms with Crippen LogP contribution in [0.25, 0.3) is 0 Å². The third kappa shape index (κ3) is 12.0. The summed E-state index contributed by atoms with van der Waals surface area (Å²) in [5, 5.41) is 19.8. The van der Waals surface area contributed by atoms with Crippen LogP contribution in [0.1, 0.15) is 27.7 Å². The summed E-state index contributed by atoms with van der Waals surface area (Å²) in [5.74, 6) is -2.44. The molecule has 0 aromatic heterocycles. The van der Waals surface area contributed by atoms with Gasteiger partial charge in [0, 0.05) is 12.1 Å². The summed E-state index contributed by atoms with van der Waals surface area (Å²) in [6.07, 6.45) is 0. The Bertz CT molecular complexity index is 210. The number of hydrogen-bond acceptors (Lipinski definition) is 6. The molecule has 7 heteroatoms. The number of rotatable bonds is 4. The Morgan fingerprint density at radius 2 is 1.00 bits per heavy atom. The molecule has 0 saturated carbocycles. The second kappa shape index (κ2) is 10.9. The van der Waals surface area contributed by atoms with Gasteiger partial charge in [0.15, 0.2) is 0 Å². The van der Waals surface area contributed by atoms with Crippen molar-refractivity contribution in [1.82, 2.24) is 0 Å². The normalized spacial score (nSPS) is 13.2. The van der Waals surface area contributed by atoms with Crippen LogP contribution in [0.3, 0.4) is 0 Å². The van der Waals surface area contributed by atoms with Crippen molar-refractivity contribution >= 4 is 39.2 Å². The minimum Gasteiger partial charge on any atom is -0.548 e. The molecule has 2 atom stereocenters. The van der Waals surface area contributed by atoms with Crippen LogP contribution in [0.2, 0.25) is 0 Å². The summed E-state index contributed by atoms with van der Waals surface area (Å²) in [4.78, 5) is 19.8. The zero-order valence-corrected chi connectivity index (χ0v) is 14.5. The topological polar surface area (TPSA) is 132 Å². The maximum absolute atomic E-state index is 9.90. The van der Waals surface area contributed by atoms with E-state index >= 15 is 0 Å². The molecule has 0 aromatic carbocycles. The van der Waals surface area contributed by atoms with Gasteiger partial charge in [-0.05, 0) is 11.8 Å². The maximum Gasteiger partial charge on any atom is 2.00 e. The Kier molecular flexibility index (Phi) is 14.1. The monoisotopic (exact) mass is 440 g/mol. The van der Waals surface area contributed by atoms with Gasteiger partial charge in [-0.25, -0.2) is 0 Å². The maximum atomic E-state index is 9.90. The Morgan fingerprint density at radius 3 is 1.00 bits per heavy atom. The van der Waals surface area contributed by atoms with Gasteiger partial charge in [-0.1, -0.05) is 27.7 Å². The first-order valence-electron chi connectivity index (χ1n) is 5.04. The number of nitrogens with two attached hydrogens (primary N) is 2. The second-order valence-corrected chi connectivity index (χ2v) is 4.18. The molecule has 0 spiro atoms. The molecule has 0 bridgehead atoms. The number of carboxylic acids is 2. The Balaban J connectivity index is -0.000000218. The van der Waals surface area contributed by atoms with E-state index in [0.29, 0.717) is 0 Å². The quantitative estimate of drug-likeness (QED) is 0.451. The molecule has 0 saturated heterocycles. The summed E-state index contributed by atoms with van der Waals surface area (Å²) < 4.78 is 0. The SMILES string of the molecule is CC(C)[C@H](N)C(=O)[O-].CC(C)[C@H](N)C(=O)[O-].[Pb+2]. The average molecular weight is 439 g/mol. The van der Waals surface area contributed by atoms with Crippen LogP contribution in [0.5, 0.6) is 0 Å². The third-order valence-corrected chi connectivity index (χ3v) is 1.98. The number of carboxylic acid groups (broad SMARTS) is 2. The van der Waals surface area contributed by atoms with Crippen molar-refractivity contribution in [2.24, 2.45) is 23.3 Å². The Morgan fingerprint density at radius 1 is 0.824 bits per heavy atom. The van der Waals surface area contributed by atoms with Crippen molar-refractivity contribution in [3.8, 4) is 0 Å². The van der Waals surface area contributed by atoms with Crippen molar-refractivity contribution in [1.29, 1.82) is 0 Å². The van der Waals surface area contributed by atoms with E-state index in [-0.39, 0.29) is 39.1 Å². The van der Waals surface area contributed by atoms with Gasteiger partial charge >= 0.3 is 27.3 Å². The van der Waals surface area contributed by atoms with E-state index in [1.807, 2.05) is 0 Å². The number of aliphatic carboxylic acids is 2. The molecule has 0 aromatic rings. The van der Waals surface area contributed by atoms with E-state index in [1.54, 1.807) is 27.7 Å². The zero-order valence-electron chi connectivity index (χ0n) is 10.6. The summed E-state index contributed by atoms with van der Waals surface area (Å²) in [6, 6.07) is -1.65. The van der Waals surface area contributed by atoms with Gasteiger partial charge < -0.3 is 31.3 Å². The standard InChI is InChI=1S/2C5H11NO2.Pb/c2*1-3(2)4(6)5(7)8;/h2*3-4H,6H2,1-2H3,(H,7,8);/q;;+2/p-2/t2*4-;/m00./s1. The van der Waals surface area contributed by atoms with E-state index in [0.717, 1.165) is 0 Å². The number of carbonyl (C=O) groups is 2. The van der Waals surface area contributed by atoms with Gasteiger partial charge in [0.2, 0.25) is 0 Å². The molecule has 2 radical (unpaired) electrons. The van der Waals surface area contributed by atoms with Gasteiger partial charge in [0.25, 0.3) is 0 Å². The summed E-state index contributed by atoms with van der Waals surface area (Å²) >= 11 is 0. The first kappa shape index (κ1) is 22.0. The summed E-state index contributed by atoms with van der Waals surface area (Å²) in [6.45, 7) is 6.95. The molecule has 6 nitrogen and oxygen atoms in total. The smallest absolute Gasteiger partial charge is 0.548 e. The van der Waals surface area contributed by atoms with Gasteiger partial charge in [-0.15, -0.1) is 0 Å². The second-order valence-electron chi connectivity index (χ2n) is 4.18. The van der Waals surface area contributed by atoms with Crippen LogP contribution in [-0.2, 0) is 9.59 Å². The van der Waals surface area contributed by atoms with Crippen molar-refractivity contribution in [3.05, 3.63) is 0 Å². The predicted octanol–water partition coefficient (Wildman–Crippen LogP) is -2.94. The molecule has 0 rings (SSSR count). The minimum atomic E-state index is -1.18. The van der Waals surface area contributed by atoms with Crippen molar-refractivity contribution < 1.29 is 19.8 Å². The van der Waals surface area contributed by atoms with Crippen LogP contribution in [0.15, 0.2) is 0 Å². The average Bonchev–Trinajstić information content (AvgIpc) is 2.15. The van der Waals surface area contributed by atoms with Crippen molar-refractivity contribution in [2.45, 2.75) is 39.8 Å². The van der Waals surface area contributed by atoms with E-state index < -0.39 is 24.0 Å². The molecule has 0 aliphatic rings. The fraction of sp³-hybridized carbons (Fsp3) is 0.800. The minimum absolute atomic E-state index is 0. The molecule has 0 amide bonds. The van der Waals surface area contributed by atoms with Crippen LogP contribution < -0.4 is 21.7 Å². The van der Waals surface area contributed by atoms with Crippen LogP contribution in [0, 0.1) is 11.8 Å². The molecule has 0 fully saturated rings. The van der Waals surface area contributed by atoms with Gasteiger partial charge in [0.1, 0.15) is 0 Å². The van der Waals surface area contributed by atoms with Crippen LogP contribution in [-0.4, -0.2) is 51.3 Å². The fourth-order valence-corrected chi connectivity index (χ4v) is 0.544. The van der Waals surface area contributed by atoms with Gasteiger partial charge in [0.05, 0.1) is 11.9 Å². The van der Waals surface area contributed by atoms with Gasteiger partial charge in [-0.3, -0.25) is 0 Å². The molecular weight excluding hydrogens is 419 g/mol. The Labute approximate surface area is 122 Å². The van der Waals surface area contributed by atoms with E-state index in [2.05, 4.69) is 0 Å². The Hall–Kier alpha value is -0.218. The molecule has 0 unspecified atom stereocenters. The van der Waals surface area contributed by atoms with Crippen LogP contribution >= 0.6 is 0 Å². The molecule has 0 heterocycles. The summed E-state index contributed by atoms with van der Waals surface area (Å²) in [5.41, 5.74) is 10.2. The fourth-order valence-electron chi connectivity index (χ4n) is 0.544. The van der Waals surface area contributed by atoms with Crippen molar-refractivity contribution in [2.75, 3.05) is 0 Å². The van der Waals surface area contributed by atoms with E-state index in [4.69, 9.17) is 11.5 Å². The predicted molar refractivity (Wildman–Crippen MR) is 61.4 cm³/mol. The largest absolute Gasteiger partial charge is 2.00 e. The number of carbonyl (C=O) groups excluding carboxylic acids is 2. The van der Waals surface area contributed by atoms with E-state index in [9.17, 15) is 19.8 Å². The van der Waals surface area contributed by atoms with Gasteiger partial charge in [-0.2, -0.15) is 0 Å². The third-order valence-electron chi connectivity index (χ3n) is 1.98. The molecular formula is C10H20N2O4Pb. The molecule has 17 heavy (non-hydrogen) atoms. The summed E-state index contributed by atoms with van der Waals surface area (Å²) in [7, 11) is 0. The zero-order chi connectivity index (χ0) is 13.5. The first-order chi connectivity index (χ1) is 7.11. The molecule has 98 valence electrons. The molecule has 0 aliphatic heterocycles. The van der Waals surface area contributed by atoms with Crippen molar-refractivity contribution in [3.63, 3.8) is 0 Å². The van der Waals surface area contributed by atoms with E-state index in [1.165, 1.54) is 0 Å². The van der Waals surface area contributed by atoms with Crippen LogP contribution in [0.4, 0.5) is 0 Å². The molecule has 4 N–H and O–H groups in total. The molecule has 0 aliphatic carbocycles. The first-order valence-corrected chi connectivity index (χ1v) is 5.04.